The van der Waals surface area contributed by atoms with Gasteiger partial charge in [-0.15, -0.1) is 0 Å². The van der Waals surface area contributed by atoms with Crippen LogP contribution in [0.5, 0.6) is 0 Å². The van der Waals surface area contributed by atoms with Crippen LogP contribution in [-0.2, 0) is 4.74 Å². The van der Waals surface area contributed by atoms with Crippen LogP contribution in [0.3, 0.4) is 0 Å². The molecule has 0 saturated carbocycles. The fourth-order valence-corrected chi connectivity index (χ4v) is 2.88. The second kappa shape index (κ2) is 10.1. The van der Waals surface area contributed by atoms with E-state index < -0.39 is 11.7 Å². The molecule has 1 fully saturated rings. The third kappa shape index (κ3) is 7.62. The number of halogens is 1. The molecule has 8 heteroatoms. The minimum atomic E-state index is -0.483. The molecule has 0 spiro atoms. The number of hydrogen-bond donors (Lipinski definition) is 2. The number of guanidine groups is 1. The molecule has 1 aromatic rings. The lowest BCUT2D eigenvalue weighted by Gasteiger charge is -2.36. The first-order chi connectivity index (χ1) is 13.2. The Labute approximate surface area is 166 Å². The lowest BCUT2D eigenvalue weighted by molar-refractivity contribution is 0.0527. The lowest BCUT2D eigenvalue weighted by atomic mass is 10.2. The van der Waals surface area contributed by atoms with Gasteiger partial charge in [-0.25, -0.2) is 9.18 Å². The molecule has 0 radical (unpaired) electrons. The summed E-state index contributed by atoms with van der Waals surface area (Å²) in [6.07, 6.45) is 1.26. The molecule has 1 amide bonds. The highest BCUT2D eigenvalue weighted by Gasteiger charge is 2.18. The van der Waals surface area contributed by atoms with Crippen LogP contribution in [0, 0.1) is 5.82 Å². The Morgan fingerprint density at radius 1 is 1.18 bits per heavy atom. The summed E-state index contributed by atoms with van der Waals surface area (Å²) >= 11 is 0. The smallest absolute Gasteiger partial charge is 0.407 e. The van der Waals surface area contributed by atoms with Crippen LogP contribution in [0.1, 0.15) is 33.6 Å². The predicted molar refractivity (Wildman–Crippen MR) is 110 cm³/mol. The average Bonchev–Trinajstić information content (AvgIpc) is 2.63. The number of anilines is 1. The first-order valence-corrected chi connectivity index (χ1v) is 9.77. The predicted octanol–water partition coefficient (Wildman–Crippen LogP) is 2.57. The van der Waals surface area contributed by atoms with Crippen molar-refractivity contribution in [1.82, 2.24) is 10.2 Å². The fraction of sp³-hybridized carbons (Fsp3) is 0.600. The molecule has 0 atom stereocenters. The minimum absolute atomic E-state index is 0.222. The van der Waals surface area contributed by atoms with Crippen molar-refractivity contribution in [3.8, 4) is 0 Å². The molecule has 0 unspecified atom stereocenters. The zero-order valence-electron chi connectivity index (χ0n) is 17.1. The van der Waals surface area contributed by atoms with Crippen molar-refractivity contribution in [3.05, 3.63) is 30.1 Å². The molecule has 7 nitrogen and oxygen atoms in total. The molecule has 28 heavy (non-hydrogen) atoms. The van der Waals surface area contributed by atoms with Crippen molar-refractivity contribution in [2.75, 3.05) is 44.2 Å². The van der Waals surface area contributed by atoms with Gasteiger partial charge in [0.05, 0.1) is 0 Å². The second-order valence-corrected chi connectivity index (χ2v) is 7.83. The number of amides is 1. The van der Waals surface area contributed by atoms with E-state index in [-0.39, 0.29) is 5.82 Å². The molecular formula is C20H32FN5O2. The number of rotatable bonds is 6. The molecule has 1 heterocycles. The van der Waals surface area contributed by atoms with Crippen LogP contribution in [0.2, 0.25) is 0 Å². The fourth-order valence-electron chi connectivity index (χ4n) is 2.88. The highest BCUT2D eigenvalue weighted by molar-refractivity contribution is 5.78. The van der Waals surface area contributed by atoms with E-state index in [9.17, 15) is 9.18 Å². The van der Waals surface area contributed by atoms with Gasteiger partial charge in [-0.2, -0.15) is 0 Å². The number of ether oxygens (including phenoxy) is 1. The van der Waals surface area contributed by atoms with E-state index in [1.165, 1.54) is 12.1 Å². The Morgan fingerprint density at radius 3 is 2.43 bits per heavy atom. The first kappa shape index (κ1) is 21.8. The molecule has 1 saturated heterocycles. The second-order valence-electron chi connectivity index (χ2n) is 7.83. The van der Waals surface area contributed by atoms with Gasteiger partial charge < -0.3 is 25.6 Å². The van der Waals surface area contributed by atoms with Crippen LogP contribution in [0.15, 0.2) is 29.3 Å². The molecular weight excluding hydrogens is 361 g/mol. The van der Waals surface area contributed by atoms with Crippen molar-refractivity contribution < 1.29 is 13.9 Å². The van der Waals surface area contributed by atoms with E-state index in [0.29, 0.717) is 19.0 Å². The van der Waals surface area contributed by atoms with E-state index in [2.05, 4.69) is 20.1 Å². The summed E-state index contributed by atoms with van der Waals surface area (Å²) in [6, 6.07) is 6.56. The van der Waals surface area contributed by atoms with Gasteiger partial charge >= 0.3 is 6.09 Å². The first-order valence-electron chi connectivity index (χ1n) is 9.77. The Hall–Kier alpha value is -2.51. The molecule has 1 aliphatic rings. The summed E-state index contributed by atoms with van der Waals surface area (Å²) in [7, 11) is 0. The van der Waals surface area contributed by atoms with Crippen LogP contribution >= 0.6 is 0 Å². The quantitative estimate of drug-likeness (QED) is 0.441. The monoisotopic (exact) mass is 393 g/mol. The number of nitrogens with one attached hydrogen (secondary N) is 1. The van der Waals surface area contributed by atoms with Gasteiger partial charge in [0, 0.05) is 45.0 Å². The molecule has 3 N–H and O–H groups in total. The maximum Gasteiger partial charge on any atom is 0.407 e. The zero-order valence-corrected chi connectivity index (χ0v) is 17.1. The third-order valence-corrected chi connectivity index (χ3v) is 4.32. The largest absolute Gasteiger partial charge is 0.444 e. The summed E-state index contributed by atoms with van der Waals surface area (Å²) in [5.74, 6) is 0.332. The number of aliphatic imine (C=N–C) groups is 1. The molecule has 0 aliphatic carbocycles. The normalized spacial score (nSPS) is 15.5. The Kier molecular flexibility index (Phi) is 7.90. The molecule has 0 aromatic heterocycles. The van der Waals surface area contributed by atoms with Gasteiger partial charge in [0.15, 0.2) is 5.96 Å². The van der Waals surface area contributed by atoms with Gasteiger partial charge in [-0.3, -0.25) is 4.99 Å². The Morgan fingerprint density at radius 2 is 1.82 bits per heavy atom. The molecule has 1 aromatic carbocycles. The molecule has 2 rings (SSSR count). The van der Waals surface area contributed by atoms with Crippen molar-refractivity contribution in [2.24, 2.45) is 10.7 Å². The number of hydrogen-bond acceptors (Lipinski definition) is 4. The van der Waals surface area contributed by atoms with E-state index >= 15 is 0 Å². The van der Waals surface area contributed by atoms with Gasteiger partial charge in [0.2, 0.25) is 0 Å². The van der Waals surface area contributed by atoms with Gasteiger partial charge in [-0.1, -0.05) is 0 Å². The van der Waals surface area contributed by atoms with Crippen LogP contribution in [0.4, 0.5) is 14.9 Å². The molecule has 1 aliphatic heterocycles. The van der Waals surface area contributed by atoms with E-state index in [1.54, 1.807) is 12.1 Å². The topological polar surface area (TPSA) is 83.2 Å². The van der Waals surface area contributed by atoms with Crippen LogP contribution in [-0.4, -0.2) is 61.8 Å². The van der Waals surface area contributed by atoms with E-state index in [0.717, 1.165) is 44.7 Å². The van der Waals surface area contributed by atoms with E-state index in [4.69, 9.17) is 10.5 Å². The van der Waals surface area contributed by atoms with Crippen molar-refractivity contribution in [3.63, 3.8) is 0 Å². The number of piperazine rings is 1. The maximum absolute atomic E-state index is 13.0. The molecule has 156 valence electrons. The van der Waals surface area contributed by atoms with Crippen molar-refractivity contribution in [2.45, 2.75) is 39.2 Å². The number of carbonyl (C=O) groups excluding carboxylic acids is 1. The maximum atomic E-state index is 13.0. The number of nitrogens with zero attached hydrogens (tertiary/aromatic N) is 3. The minimum Gasteiger partial charge on any atom is -0.444 e. The summed E-state index contributed by atoms with van der Waals surface area (Å²) in [4.78, 5) is 20.3. The van der Waals surface area contributed by atoms with Gasteiger partial charge in [-0.05, 0) is 57.9 Å². The van der Waals surface area contributed by atoms with Crippen LogP contribution < -0.4 is 16.0 Å². The summed E-state index contributed by atoms with van der Waals surface area (Å²) in [5.41, 5.74) is 6.64. The number of carbonyl (C=O) groups is 1. The average molecular weight is 394 g/mol. The van der Waals surface area contributed by atoms with Gasteiger partial charge in [0.1, 0.15) is 11.4 Å². The van der Waals surface area contributed by atoms with Crippen molar-refractivity contribution in [1.29, 1.82) is 0 Å². The summed E-state index contributed by atoms with van der Waals surface area (Å²) in [6.45, 7) is 9.90. The number of nitrogens with two attached hydrogens (primary N) is 1. The number of benzene rings is 1. The van der Waals surface area contributed by atoms with E-state index in [1.807, 2.05) is 20.8 Å². The van der Waals surface area contributed by atoms with Crippen molar-refractivity contribution >= 4 is 17.7 Å². The summed E-state index contributed by atoms with van der Waals surface area (Å²) in [5, 5.41) is 2.73. The number of alkyl carbamates (subject to hydrolysis) is 1. The number of unbranched alkanes of at least 4 members (excludes halogenated alkanes) is 1. The van der Waals surface area contributed by atoms with Crippen LogP contribution in [0.25, 0.3) is 0 Å². The SMILES string of the molecule is CC(C)(C)OC(=O)NCCCCN=C(N)N1CCN(c2ccc(F)cc2)CC1. The third-order valence-electron chi connectivity index (χ3n) is 4.32. The zero-order chi connectivity index (χ0) is 20.6. The lowest BCUT2D eigenvalue weighted by Crippen LogP contribution is -2.51. The highest BCUT2D eigenvalue weighted by atomic mass is 19.1. The summed E-state index contributed by atoms with van der Waals surface area (Å²) < 4.78 is 18.2. The Balaban J connectivity index is 1.62. The van der Waals surface area contributed by atoms with Gasteiger partial charge in [0.25, 0.3) is 0 Å². The highest BCUT2D eigenvalue weighted by Crippen LogP contribution is 2.16. The molecule has 0 bridgehead atoms. The Bertz CT molecular complexity index is 650. The standard InChI is InChI=1S/C20H32FN5O2/c1-20(2,3)28-19(27)24-11-5-4-10-23-18(22)26-14-12-25(13-15-26)17-8-6-16(21)7-9-17/h6-9H,4-5,10-15H2,1-3H3,(H2,22,23)(H,24,27).